The zero-order chi connectivity index (χ0) is 16.9. The Hall–Kier alpha value is -1.60. The lowest BCUT2D eigenvalue weighted by Gasteiger charge is -2.28. The third-order valence-corrected chi connectivity index (χ3v) is 5.04. The summed E-state index contributed by atoms with van der Waals surface area (Å²) in [6.07, 6.45) is 4.75. The maximum Gasteiger partial charge on any atom is 0.230 e. The van der Waals surface area contributed by atoms with Gasteiger partial charge in [0.15, 0.2) is 0 Å². The van der Waals surface area contributed by atoms with E-state index in [2.05, 4.69) is 10.0 Å². The number of hydrogen-bond acceptors (Lipinski definition) is 4. The number of hydrogen-bond donors (Lipinski definition) is 2. The van der Waals surface area contributed by atoms with E-state index in [1.807, 2.05) is 24.3 Å². The van der Waals surface area contributed by atoms with Gasteiger partial charge in [0.05, 0.1) is 18.8 Å². The fraction of sp³-hybridized carbons (Fsp3) is 0.562. The second kappa shape index (κ2) is 7.31. The van der Waals surface area contributed by atoms with Gasteiger partial charge in [0, 0.05) is 13.1 Å². The van der Waals surface area contributed by atoms with E-state index < -0.39 is 15.4 Å². The van der Waals surface area contributed by atoms with Crippen LogP contribution in [0.25, 0.3) is 0 Å². The van der Waals surface area contributed by atoms with Gasteiger partial charge in [0.1, 0.15) is 5.75 Å². The molecule has 1 aromatic carbocycles. The summed E-state index contributed by atoms with van der Waals surface area (Å²) >= 11 is 0. The van der Waals surface area contributed by atoms with Gasteiger partial charge in [-0.05, 0) is 30.5 Å². The van der Waals surface area contributed by atoms with Crippen LogP contribution < -0.4 is 14.8 Å². The molecule has 0 heterocycles. The normalized spacial score (nSPS) is 17.0. The quantitative estimate of drug-likeness (QED) is 0.730. The molecule has 7 heteroatoms. The summed E-state index contributed by atoms with van der Waals surface area (Å²) in [6, 6.07) is 7.62. The van der Waals surface area contributed by atoms with Crippen LogP contribution in [0.1, 0.15) is 31.2 Å². The molecule has 0 atom stereocenters. The number of carbonyl (C=O) groups excluding carboxylic acids is 1. The van der Waals surface area contributed by atoms with Crippen molar-refractivity contribution in [2.45, 2.75) is 31.1 Å². The highest BCUT2D eigenvalue weighted by Gasteiger charge is 2.42. The molecule has 6 nitrogen and oxygen atoms in total. The van der Waals surface area contributed by atoms with Crippen molar-refractivity contribution in [1.29, 1.82) is 0 Å². The lowest BCUT2D eigenvalue weighted by Crippen LogP contribution is -2.45. The van der Waals surface area contributed by atoms with Crippen LogP contribution in [-0.2, 0) is 20.2 Å². The SMILES string of the molecule is COc1ccc(C2(C(=O)NCCNS(C)(=O)=O)CCCC2)cc1. The minimum Gasteiger partial charge on any atom is -0.497 e. The standard InChI is InChI=1S/C16H24N2O4S/c1-22-14-7-5-13(6-8-14)16(9-3-4-10-16)15(19)17-11-12-18-23(2,20)21/h5-8,18H,3-4,9-12H2,1-2H3,(H,17,19). The van der Waals surface area contributed by atoms with Crippen LogP contribution in [0.4, 0.5) is 0 Å². The summed E-state index contributed by atoms with van der Waals surface area (Å²) in [6.45, 7) is 0.479. The van der Waals surface area contributed by atoms with Crippen LogP contribution in [-0.4, -0.2) is 40.8 Å². The van der Waals surface area contributed by atoms with Crippen molar-refractivity contribution in [3.05, 3.63) is 29.8 Å². The number of rotatable bonds is 7. The zero-order valence-corrected chi connectivity index (χ0v) is 14.4. The van der Waals surface area contributed by atoms with E-state index in [1.165, 1.54) is 0 Å². The lowest BCUT2D eigenvalue weighted by molar-refractivity contribution is -0.126. The molecule has 0 spiro atoms. The Kier molecular flexibility index (Phi) is 5.64. The molecule has 1 aliphatic rings. The second-order valence-corrected chi connectivity index (χ2v) is 7.77. The average molecular weight is 340 g/mol. The molecule has 0 radical (unpaired) electrons. The summed E-state index contributed by atoms with van der Waals surface area (Å²) in [4.78, 5) is 12.7. The van der Waals surface area contributed by atoms with Crippen molar-refractivity contribution in [3.63, 3.8) is 0 Å². The molecule has 0 aliphatic heterocycles. The number of amides is 1. The van der Waals surface area contributed by atoms with Crippen LogP contribution in [0.2, 0.25) is 0 Å². The highest BCUT2D eigenvalue weighted by atomic mass is 32.2. The van der Waals surface area contributed by atoms with Gasteiger partial charge in [-0.2, -0.15) is 0 Å². The molecule has 1 aliphatic carbocycles. The first kappa shape index (κ1) is 17.7. The van der Waals surface area contributed by atoms with Crippen molar-refractivity contribution in [3.8, 4) is 5.75 Å². The summed E-state index contributed by atoms with van der Waals surface area (Å²) in [5.41, 5.74) is 0.474. The molecule has 1 fully saturated rings. The third-order valence-electron chi connectivity index (χ3n) is 4.31. The van der Waals surface area contributed by atoms with Gasteiger partial charge < -0.3 is 10.1 Å². The lowest BCUT2D eigenvalue weighted by atomic mass is 9.78. The minimum atomic E-state index is -3.23. The summed E-state index contributed by atoms with van der Waals surface area (Å²) < 4.78 is 29.6. The zero-order valence-electron chi connectivity index (χ0n) is 13.6. The predicted molar refractivity (Wildman–Crippen MR) is 89.0 cm³/mol. The predicted octanol–water partition coefficient (Wildman–Crippen LogP) is 1.17. The number of sulfonamides is 1. The molecule has 0 saturated heterocycles. The minimum absolute atomic E-state index is 0.0320. The largest absolute Gasteiger partial charge is 0.497 e. The van der Waals surface area contributed by atoms with Gasteiger partial charge in [-0.25, -0.2) is 13.1 Å². The van der Waals surface area contributed by atoms with Gasteiger partial charge in [-0.1, -0.05) is 25.0 Å². The molecule has 2 rings (SSSR count). The second-order valence-electron chi connectivity index (χ2n) is 5.94. The van der Waals surface area contributed by atoms with E-state index in [0.29, 0.717) is 0 Å². The molecule has 2 N–H and O–H groups in total. The Morgan fingerprint density at radius 2 is 1.78 bits per heavy atom. The Bertz CT molecular complexity index is 635. The fourth-order valence-electron chi connectivity index (χ4n) is 3.12. The summed E-state index contributed by atoms with van der Waals surface area (Å²) in [7, 11) is -1.62. The Labute approximate surface area is 137 Å². The molecule has 0 aromatic heterocycles. The first-order valence-electron chi connectivity index (χ1n) is 7.75. The molecule has 1 saturated carbocycles. The number of nitrogens with one attached hydrogen (secondary N) is 2. The van der Waals surface area contributed by atoms with Gasteiger partial charge in [0.25, 0.3) is 0 Å². The van der Waals surface area contributed by atoms with Gasteiger partial charge >= 0.3 is 0 Å². The topological polar surface area (TPSA) is 84.5 Å². The van der Waals surface area contributed by atoms with Crippen molar-refractivity contribution >= 4 is 15.9 Å². The van der Waals surface area contributed by atoms with E-state index in [-0.39, 0.29) is 19.0 Å². The highest BCUT2D eigenvalue weighted by Crippen LogP contribution is 2.41. The summed E-state index contributed by atoms with van der Waals surface area (Å²) in [5, 5.41) is 2.87. The van der Waals surface area contributed by atoms with E-state index in [4.69, 9.17) is 4.74 Å². The monoisotopic (exact) mass is 340 g/mol. The molecule has 23 heavy (non-hydrogen) atoms. The van der Waals surface area contributed by atoms with Crippen molar-refractivity contribution in [1.82, 2.24) is 10.0 Å². The Morgan fingerprint density at radius 3 is 2.30 bits per heavy atom. The van der Waals surface area contributed by atoms with Crippen LogP contribution in [0, 0.1) is 0 Å². The number of carbonyl (C=O) groups is 1. The van der Waals surface area contributed by atoms with E-state index in [0.717, 1.165) is 43.3 Å². The van der Waals surface area contributed by atoms with E-state index in [9.17, 15) is 13.2 Å². The third kappa shape index (κ3) is 4.45. The van der Waals surface area contributed by atoms with Crippen LogP contribution in [0.3, 0.4) is 0 Å². The first-order valence-corrected chi connectivity index (χ1v) is 9.64. The molecule has 1 amide bonds. The van der Waals surface area contributed by atoms with Crippen molar-refractivity contribution < 1.29 is 17.9 Å². The smallest absolute Gasteiger partial charge is 0.230 e. The maximum atomic E-state index is 12.7. The number of methoxy groups -OCH3 is 1. The van der Waals surface area contributed by atoms with Crippen LogP contribution in [0.15, 0.2) is 24.3 Å². The van der Waals surface area contributed by atoms with Crippen LogP contribution >= 0.6 is 0 Å². The van der Waals surface area contributed by atoms with Crippen molar-refractivity contribution in [2.75, 3.05) is 26.5 Å². The molecule has 1 aromatic rings. The van der Waals surface area contributed by atoms with Gasteiger partial charge in [-0.15, -0.1) is 0 Å². The highest BCUT2D eigenvalue weighted by molar-refractivity contribution is 7.88. The fourth-order valence-corrected chi connectivity index (χ4v) is 3.59. The molecule has 0 bridgehead atoms. The molecular weight excluding hydrogens is 316 g/mol. The maximum absolute atomic E-state index is 12.7. The van der Waals surface area contributed by atoms with E-state index in [1.54, 1.807) is 7.11 Å². The van der Waals surface area contributed by atoms with Gasteiger partial charge in [0.2, 0.25) is 15.9 Å². The molecule has 0 unspecified atom stereocenters. The number of benzene rings is 1. The number of ether oxygens (including phenoxy) is 1. The van der Waals surface area contributed by atoms with Gasteiger partial charge in [-0.3, -0.25) is 4.79 Å². The van der Waals surface area contributed by atoms with E-state index >= 15 is 0 Å². The van der Waals surface area contributed by atoms with Crippen molar-refractivity contribution in [2.24, 2.45) is 0 Å². The average Bonchev–Trinajstić information content (AvgIpc) is 3.01. The first-order chi connectivity index (χ1) is 10.9. The Balaban J connectivity index is 2.05. The summed E-state index contributed by atoms with van der Waals surface area (Å²) in [5.74, 6) is 0.732. The van der Waals surface area contributed by atoms with Crippen LogP contribution in [0.5, 0.6) is 5.75 Å². The Morgan fingerprint density at radius 1 is 1.17 bits per heavy atom. The molecular formula is C16H24N2O4S. The molecule has 128 valence electrons.